The Bertz CT molecular complexity index is 820. The largest absolute Gasteiger partial charge is 0.325 e. The number of hydrogen-bond acceptors (Lipinski definition) is 3. The van der Waals surface area contributed by atoms with Gasteiger partial charge >= 0.3 is 0 Å². The first kappa shape index (κ1) is 18.6. The summed E-state index contributed by atoms with van der Waals surface area (Å²) in [6.45, 7) is 1.79. The van der Waals surface area contributed by atoms with Crippen molar-refractivity contribution in [1.29, 1.82) is 0 Å². The molecule has 0 spiro atoms. The van der Waals surface area contributed by atoms with Gasteiger partial charge in [0.1, 0.15) is 0 Å². The Morgan fingerprint density at radius 3 is 2.33 bits per heavy atom. The number of halogens is 1. The number of nitrogens with zero attached hydrogens (tertiary/aromatic N) is 1. The van der Waals surface area contributed by atoms with Crippen molar-refractivity contribution in [3.8, 4) is 0 Å². The molecule has 0 aliphatic heterocycles. The summed E-state index contributed by atoms with van der Waals surface area (Å²) >= 11 is 3.34. The number of carbonyl (C=O) groups excluding carboxylic acids is 1. The molecule has 2 aromatic carbocycles. The summed E-state index contributed by atoms with van der Waals surface area (Å²) in [6, 6.07) is 14.7. The molecule has 5 nitrogen and oxygen atoms in total. The van der Waals surface area contributed by atoms with Crippen LogP contribution in [0.3, 0.4) is 0 Å². The summed E-state index contributed by atoms with van der Waals surface area (Å²) < 4.78 is 26.1. The quantitative estimate of drug-likeness (QED) is 0.794. The number of carbonyl (C=O) groups is 1. The SMILES string of the molecule is Cc1ccccc1NC(=O)CN(Cc1ccc(Br)cc1)S(C)(=O)=O. The summed E-state index contributed by atoms with van der Waals surface area (Å²) in [6.07, 6.45) is 1.10. The number of hydrogen-bond donors (Lipinski definition) is 1. The van der Waals surface area contributed by atoms with Gasteiger partial charge in [0, 0.05) is 16.7 Å². The minimum Gasteiger partial charge on any atom is -0.325 e. The van der Waals surface area contributed by atoms with Crippen molar-refractivity contribution >= 4 is 37.5 Å². The molecular formula is C17H19BrN2O3S. The fraction of sp³-hybridized carbons (Fsp3) is 0.235. The molecule has 0 fully saturated rings. The average Bonchev–Trinajstić information content (AvgIpc) is 2.50. The molecule has 0 heterocycles. The molecular weight excluding hydrogens is 392 g/mol. The highest BCUT2D eigenvalue weighted by Gasteiger charge is 2.20. The van der Waals surface area contributed by atoms with E-state index in [2.05, 4.69) is 21.2 Å². The van der Waals surface area contributed by atoms with E-state index in [1.165, 1.54) is 0 Å². The second-order valence-corrected chi connectivity index (χ2v) is 8.42. The first-order valence-electron chi connectivity index (χ1n) is 7.31. The minimum absolute atomic E-state index is 0.146. The van der Waals surface area contributed by atoms with Crippen LogP contribution >= 0.6 is 15.9 Å². The normalized spacial score (nSPS) is 11.5. The van der Waals surface area contributed by atoms with Gasteiger partial charge in [-0.25, -0.2) is 8.42 Å². The van der Waals surface area contributed by atoms with Crippen LogP contribution in [-0.2, 0) is 21.4 Å². The van der Waals surface area contributed by atoms with Gasteiger partial charge in [0.25, 0.3) is 0 Å². The Balaban J connectivity index is 2.10. The summed E-state index contributed by atoms with van der Waals surface area (Å²) in [5.74, 6) is -0.369. The number of benzene rings is 2. The van der Waals surface area contributed by atoms with Gasteiger partial charge < -0.3 is 5.32 Å². The number of sulfonamides is 1. The standard InChI is InChI=1S/C17H19BrN2O3S/c1-13-5-3-4-6-16(13)19-17(21)12-20(24(2,22)23)11-14-7-9-15(18)10-8-14/h3-10H,11-12H2,1-2H3,(H,19,21). The highest BCUT2D eigenvalue weighted by atomic mass is 79.9. The lowest BCUT2D eigenvalue weighted by molar-refractivity contribution is -0.116. The fourth-order valence-electron chi connectivity index (χ4n) is 2.15. The predicted molar refractivity (Wildman–Crippen MR) is 99.2 cm³/mol. The van der Waals surface area contributed by atoms with E-state index >= 15 is 0 Å². The maximum absolute atomic E-state index is 12.2. The number of anilines is 1. The molecule has 24 heavy (non-hydrogen) atoms. The molecule has 7 heteroatoms. The molecule has 0 bridgehead atoms. The fourth-order valence-corrected chi connectivity index (χ4v) is 3.15. The molecule has 1 amide bonds. The summed E-state index contributed by atoms with van der Waals surface area (Å²) in [7, 11) is -3.51. The monoisotopic (exact) mass is 410 g/mol. The van der Waals surface area contributed by atoms with Gasteiger partial charge in [0.15, 0.2) is 0 Å². The summed E-state index contributed by atoms with van der Waals surface area (Å²) in [5, 5.41) is 2.76. The number of nitrogens with one attached hydrogen (secondary N) is 1. The van der Waals surface area contributed by atoms with Crippen LogP contribution in [0.25, 0.3) is 0 Å². The zero-order valence-corrected chi connectivity index (χ0v) is 15.9. The average molecular weight is 411 g/mol. The molecule has 0 aliphatic rings. The maximum atomic E-state index is 12.2. The second-order valence-electron chi connectivity index (χ2n) is 5.52. The Hall–Kier alpha value is -1.70. The highest BCUT2D eigenvalue weighted by molar-refractivity contribution is 9.10. The van der Waals surface area contributed by atoms with Crippen LogP contribution < -0.4 is 5.32 Å². The number of para-hydroxylation sites is 1. The van der Waals surface area contributed by atoms with Crippen LogP contribution in [0.5, 0.6) is 0 Å². The van der Waals surface area contributed by atoms with E-state index in [0.717, 1.165) is 26.2 Å². The van der Waals surface area contributed by atoms with Gasteiger partial charge in [-0.3, -0.25) is 4.79 Å². The van der Waals surface area contributed by atoms with Crippen LogP contribution in [0, 0.1) is 6.92 Å². The lowest BCUT2D eigenvalue weighted by Gasteiger charge is -2.20. The third-order valence-corrected chi connectivity index (χ3v) is 5.21. The number of aryl methyl sites for hydroxylation is 1. The molecule has 0 radical (unpaired) electrons. The van der Waals surface area contributed by atoms with Crippen molar-refractivity contribution in [3.05, 3.63) is 64.1 Å². The highest BCUT2D eigenvalue weighted by Crippen LogP contribution is 2.15. The smallest absolute Gasteiger partial charge is 0.239 e. The zero-order valence-electron chi connectivity index (χ0n) is 13.5. The third-order valence-electron chi connectivity index (χ3n) is 3.48. The van der Waals surface area contributed by atoms with Crippen molar-refractivity contribution in [2.45, 2.75) is 13.5 Å². The molecule has 0 aliphatic carbocycles. The maximum Gasteiger partial charge on any atom is 0.239 e. The van der Waals surface area contributed by atoms with Crippen LogP contribution in [0.15, 0.2) is 53.0 Å². The van der Waals surface area contributed by atoms with Crippen molar-refractivity contribution in [2.24, 2.45) is 0 Å². The lowest BCUT2D eigenvalue weighted by atomic mass is 10.2. The molecule has 2 rings (SSSR count). The van der Waals surface area contributed by atoms with Gasteiger partial charge in [-0.1, -0.05) is 46.3 Å². The topological polar surface area (TPSA) is 66.5 Å². The van der Waals surface area contributed by atoms with E-state index in [-0.39, 0.29) is 19.0 Å². The van der Waals surface area contributed by atoms with Gasteiger partial charge in [-0.05, 0) is 36.2 Å². The summed E-state index contributed by atoms with van der Waals surface area (Å²) in [4.78, 5) is 12.2. The van der Waals surface area contributed by atoms with Crippen molar-refractivity contribution < 1.29 is 13.2 Å². The predicted octanol–water partition coefficient (Wildman–Crippen LogP) is 3.16. The Labute approximate surface area is 150 Å². The Kier molecular flexibility index (Phi) is 6.15. The van der Waals surface area contributed by atoms with E-state index in [9.17, 15) is 13.2 Å². The Morgan fingerprint density at radius 2 is 1.75 bits per heavy atom. The number of rotatable bonds is 6. The van der Waals surface area contributed by atoms with Crippen molar-refractivity contribution in [2.75, 3.05) is 18.1 Å². The summed E-state index contributed by atoms with van der Waals surface area (Å²) in [5.41, 5.74) is 2.41. The second kappa shape index (κ2) is 7.92. The van der Waals surface area contributed by atoms with Crippen LogP contribution in [0.4, 0.5) is 5.69 Å². The zero-order chi connectivity index (χ0) is 17.7. The van der Waals surface area contributed by atoms with E-state index in [1.54, 1.807) is 6.07 Å². The number of amides is 1. The van der Waals surface area contributed by atoms with Gasteiger partial charge in [-0.2, -0.15) is 4.31 Å². The molecule has 128 valence electrons. The molecule has 0 saturated carbocycles. The Morgan fingerprint density at radius 1 is 1.12 bits per heavy atom. The first-order chi connectivity index (χ1) is 11.3. The molecule has 0 atom stereocenters. The first-order valence-corrected chi connectivity index (χ1v) is 9.95. The lowest BCUT2D eigenvalue weighted by Crippen LogP contribution is -2.37. The van der Waals surface area contributed by atoms with E-state index in [0.29, 0.717) is 5.69 Å². The molecule has 2 aromatic rings. The van der Waals surface area contributed by atoms with Gasteiger partial charge in [-0.15, -0.1) is 0 Å². The van der Waals surface area contributed by atoms with E-state index in [1.807, 2.05) is 49.4 Å². The van der Waals surface area contributed by atoms with E-state index in [4.69, 9.17) is 0 Å². The van der Waals surface area contributed by atoms with Crippen LogP contribution in [0.1, 0.15) is 11.1 Å². The van der Waals surface area contributed by atoms with Gasteiger partial charge in [0.05, 0.1) is 12.8 Å². The molecule has 0 unspecified atom stereocenters. The van der Waals surface area contributed by atoms with Crippen LogP contribution in [-0.4, -0.2) is 31.4 Å². The minimum atomic E-state index is -3.51. The molecule has 0 aromatic heterocycles. The van der Waals surface area contributed by atoms with E-state index < -0.39 is 10.0 Å². The van der Waals surface area contributed by atoms with Crippen LogP contribution in [0.2, 0.25) is 0 Å². The molecule has 1 N–H and O–H groups in total. The molecule has 0 saturated heterocycles. The van der Waals surface area contributed by atoms with Crippen molar-refractivity contribution in [1.82, 2.24) is 4.31 Å². The van der Waals surface area contributed by atoms with Crippen molar-refractivity contribution in [3.63, 3.8) is 0 Å². The third kappa shape index (κ3) is 5.43. The van der Waals surface area contributed by atoms with Gasteiger partial charge in [0.2, 0.25) is 15.9 Å².